The van der Waals surface area contributed by atoms with Gasteiger partial charge in [0.25, 0.3) is 11.8 Å². The van der Waals surface area contributed by atoms with Crippen LogP contribution in [0.2, 0.25) is 0 Å². The van der Waals surface area contributed by atoms with E-state index in [1.165, 1.54) is 36.1 Å². The molecule has 1 aliphatic heterocycles. The lowest BCUT2D eigenvalue weighted by molar-refractivity contribution is 0.0792. The van der Waals surface area contributed by atoms with Crippen LogP contribution in [-0.4, -0.2) is 29.8 Å². The summed E-state index contributed by atoms with van der Waals surface area (Å²) < 4.78 is 0. The van der Waals surface area contributed by atoms with Gasteiger partial charge in [-0.2, -0.15) is 0 Å². The number of fused-ring (bicyclic) bond motifs is 1. The lowest BCUT2D eigenvalue weighted by Crippen LogP contribution is -2.28. The van der Waals surface area contributed by atoms with Gasteiger partial charge in [0.05, 0.1) is 4.88 Å². The fourth-order valence-electron chi connectivity index (χ4n) is 4.14. The summed E-state index contributed by atoms with van der Waals surface area (Å²) in [6, 6.07) is 9.74. The quantitative estimate of drug-likeness (QED) is 0.823. The van der Waals surface area contributed by atoms with Gasteiger partial charge in [-0.3, -0.25) is 9.59 Å². The molecule has 1 aromatic heterocycles. The van der Waals surface area contributed by atoms with E-state index in [4.69, 9.17) is 0 Å². The molecule has 0 spiro atoms. The first kappa shape index (κ1) is 19.2. The summed E-state index contributed by atoms with van der Waals surface area (Å²) in [7, 11) is 0. The molecule has 2 aliphatic rings. The number of aryl methyl sites for hydroxylation is 2. The Morgan fingerprint density at radius 1 is 0.964 bits per heavy atom. The number of carbonyl (C=O) groups excluding carboxylic acids is 2. The lowest BCUT2D eigenvalue weighted by Gasteiger charge is -2.15. The molecule has 1 aliphatic carbocycles. The number of benzene rings is 1. The molecule has 0 unspecified atom stereocenters. The van der Waals surface area contributed by atoms with Crippen LogP contribution in [0.25, 0.3) is 0 Å². The maximum Gasteiger partial charge on any atom is 0.261 e. The van der Waals surface area contributed by atoms with E-state index in [1.54, 1.807) is 11.3 Å². The fourth-order valence-corrected chi connectivity index (χ4v) is 5.31. The van der Waals surface area contributed by atoms with Crippen molar-refractivity contribution in [3.8, 4) is 0 Å². The maximum atomic E-state index is 12.7. The summed E-state index contributed by atoms with van der Waals surface area (Å²) in [6.07, 6.45) is 9.43. The Kier molecular flexibility index (Phi) is 6.10. The van der Waals surface area contributed by atoms with Crippen LogP contribution in [0.4, 0.5) is 0 Å². The first-order valence-electron chi connectivity index (χ1n) is 10.5. The summed E-state index contributed by atoms with van der Waals surface area (Å²) in [6.45, 7) is 2.15. The number of rotatable bonds is 4. The normalized spacial score (nSPS) is 16.9. The first-order valence-corrected chi connectivity index (χ1v) is 11.3. The van der Waals surface area contributed by atoms with Crippen molar-refractivity contribution >= 4 is 23.2 Å². The van der Waals surface area contributed by atoms with Crippen LogP contribution < -0.4 is 5.32 Å². The van der Waals surface area contributed by atoms with Crippen molar-refractivity contribution in [3.63, 3.8) is 0 Å². The zero-order chi connectivity index (χ0) is 19.3. The molecule has 28 heavy (non-hydrogen) atoms. The average molecular weight is 397 g/mol. The standard InChI is InChI=1S/C23H28N2O2S/c26-22(21-15-18-9-3-1-2-4-11-20(18)28-21)24-16-17-8-7-10-19(14-17)23(27)25-12-5-6-13-25/h7-8,10,14-15H,1-6,9,11-13,16H2,(H,24,26). The van der Waals surface area contributed by atoms with Crippen molar-refractivity contribution in [2.24, 2.45) is 0 Å². The van der Waals surface area contributed by atoms with Crippen molar-refractivity contribution in [2.45, 2.75) is 57.9 Å². The van der Waals surface area contributed by atoms with Crippen molar-refractivity contribution in [2.75, 3.05) is 13.1 Å². The average Bonchev–Trinajstić information content (AvgIpc) is 3.36. The highest BCUT2D eigenvalue weighted by Gasteiger charge is 2.20. The molecule has 1 N–H and O–H groups in total. The number of nitrogens with one attached hydrogen (secondary N) is 1. The minimum atomic E-state index is -0.00646. The molecule has 0 bridgehead atoms. The second kappa shape index (κ2) is 8.91. The molecule has 2 amide bonds. The Bertz CT molecular complexity index is 827. The molecule has 148 valence electrons. The predicted octanol–water partition coefficient (Wildman–Crippen LogP) is 4.57. The van der Waals surface area contributed by atoms with Gasteiger partial charge < -0.3 is 10.2 Å². The molecule has 0 saturated carbocycles. The van der Waals surface area contributed by atoms with E-state index in [0.29, 0.717) is 12.1 Å². The van der Waals surface area contributed by atoms with E-state index < -0.39 is 0 Å². The van der Waals surface area contributed by atoms with E-state index in [0.717, 1.165) is 49.2 Å². The van der Waals surface area contributed by atoms with Crippen LogP contribution in [-0.2, 0) is 19.4 Å². The van der Waals surface area contributed by atoms with Gasteiger partial charge in [0, 0.05) is 30.1 Å². The van der Waals surface area contributed by atoms with Gasteiger partial charge in [0.15, 0.2) is 0 Å². The smallest absolute Gasteiger partial charge is 0.261 e. The Hall–Kier alpha value is -2.14. The molecular formula is C23H28N2O2S. The van der Waals surface area contributed by atoms with Crippen LogP contribution in [0.5, 0.6) is 0 Å². The lowest BCUT2D eigenvalue weighted by atomic mass is 10.00. The molecule has 4 nitrogen and oxygen atoms in total. The van der Waals surface area contributed by atoms with E-state index in [1.807, 2.05) is 29.2 Å². The SMILES string of the molecule is O=C(NCc1cccc(C(=O)N2CCCC2)c1)c1cc2c(s1)CCCCCC2. The number of carbonyl (C=O) groups is 2. The molecule has 0 atom stereocenters. The summed E-state index contributed by atoms with van der Waals surface area (Å²) >= 11 is 1.65. The van der Waals surface area contributed by atoms with Crippen LogP contribution in [0.1, 0.15) is 74.6 Å². The predicted molar refractivity (Wildman–Crippen MR) is 113 cm³/mol. The Labute approximate surface area is 170 Å². The number of hydrogen-bond acceptors (Lipinski definition) is 3. The Balaban J connectivity index is 1.39. The van der Waals surface area contributed by atoms with Crippen molar-refractivity contribution < 1.29 is 9.59 Å². The third-order valence-electron chi connectivity index (χ3n) is 5.74. The Morgan fingerprint density at radius 2 is 1.75 bits per heavy atom. The van der Waals surface area contributed by atoms with Crippen molar-refractivity contribution in [3.05, 3.63) is 56.8 Å². The second-order valence-electron chi connectivity index (χ2n) is 7.86. The molecule has 1 aromatic carbocycles. The third kappa shape index (κ3) is 4.46. The van der Waals surface area contributed by atoms with Crippen molar-refractivity contribution in [1.29, 1.82) is 0 Å². The van der Waals surface area contributed by atoms with Crippen molar-refractivity contribution in [1.82, 2.24) is 10.2 Å². The van der Waals surface area contributed by atoms with Crippen LogP contribution in [0, 0.1) is 0 Å². The second-order valence-corrected chi connectivity index (χ2v) is 8.99. The van der Waals surface area contributed by atoms with Gasteiger partial charge in [-0.25, -0.2) is 0 Å². The molecule has 1 saturated heterocycles. The van der Waals surface area contributed by atoms with E-state index in [-0.39, 0.29) is 11.8 Å². The number of hydrogen-bond donors (Lipinski definition) is 1. The minimum Gasteiger partial charge on any atom is -0.347 e. The zero-order valence-corrected chi connectivity index (χ0v) is 17.2. The molecule has 5 heteroatoms. The molecule has 4 rings (SSSR count). The monoisotopic (exact) mass is 396 g/mol. The van der Waals surface area contributed by atoms with Gasteiger partial charge in [-0.1, -0.05) is 25.0 Å². The maximum absolute atomic E-state index is 12.7. The summed E-state index contributed by atoms with van der Waals surface area (Å²) in [5, 5.41) is 3.04. The number of thiophene rings is 1. The van der Waals surface area contributed by atoms with E-state index >= 15 is 0 Å². The highest BCUT2D eigenvalue weighted by atomic mass is 32.1. The largest absolute Gasteiger partial charge is 0.347 e. The highest BCUT2D eigenvalue weighted by Crippen LogP contribution is 2.28. The topological polar surface area (TPSA) is 49.4 Å². The molecular weight excluding hydrogens is 368 g/mol. The Morgan fingerprint density at radius 3 is 2.57 bits per heavy atom. The van der Waals surface area contributed by atoms with E-state index in [2.05, 4.69) is 11.4 Å². The molecule has 2 heterocycles. The third-order valence-corrected chi connectivity index (χ3v) is 6.98. The molecule has 1 fully saturated rings. The minimum absolute atomic E-state index is 0.00646. The molecule has 2 aromatic rings. The first-order chi connectivity index (χ1) is 13.7. The van der Waals surface area contributed by atoms with Gasteiger partial charge in [-0.15, -0.1) is 11.3 Å². The molecule has 0 radical (unpaired) electrons. The fraction of sp³-hybridized carbons (Fsp3) is 0.478. The summed E-state index contributed by atoms with van der Waals surface area (Å²) in [4.78, 5) is 29.4. The van der Waals surface area contributed by atoms with Crippen LogP contribution in [0.15, 0.2) is 30.3 Å². The van der Waals surface area contributed by atoms with E-state index in [9.17, 15) is 9.59 Å². The van der Waals surface area contributed by atoms with Gasteiger partial charge in [0.2, 0.25) is 0 Å². The zero-order valence-electron chi connectivity index (χ0n) is 16.3. The highest BCUT2D eigenvalue weighted by molar-refractivity contribution is 7.14. The van der Waals surface area contributed by atoms with Gasteiger partial charge >= 0.3 is 0 Å². The summed E-state index contributed by atoms with van der Waals surface area (Å²) in [5.74, 6) is 0.0942. The van der Waals surface area contributed by atoms with Crippen LogP contribution >= 0.6 is 11.3 Å². The van der Waals surface area contributed by atoms with Gasteiger partial charge in [0.1, 0.15) is 0 Å². The number of likely N-dealkylation sites (tertiary alicyclic amines) is 1. The summed E-state index contributed by atoms with van der Waals surface area (Å²) in [5.41, 5.74) is 3.05. The van der Waals surface area contributed by atoms with Crippen LogP contribution in [0.3, 0.4) is 0 Å². The van der Waals surface area contributed by atoms with Gasteiger partial charge in [-0.05, 0) is 67.9 Å². The number of amides is 2. The number of nitrogens with zero attached hydrogens (tertiary/aromatic N) is 1.